The van der Waals surface area contributed by atoms with Crippen molar-refractivity contribution in [3.05, 3.63) is 33.8 Å². The van der Waals surface area contributed by atoms with Crippen molar-refractivity contribution in [2.24, 2.45) is 0 Å². The summed E-state index contributed by atoms with van der Waals surface area (Å²) in [5.41, 5.74) is -0.763. The van der Waals surface area contributed by atoms with E-state index in [-0.39, 0.29) is 0 Å². The number of rotatable bonds is 1. The molecule has 0 N–H and O–H groups in total. The molecule has 0 bridgehead atoms. The molecule has 0 aromatic heterocycles. The van der Waals surface area contributed by atoms with Crippen molar-refractivity contribution in [1.29, 1.82) is 10.5 Å². The second-order valence-corrected chi connectivity index (χ2v) is 3.97. The molecule has 3 nitrogen and oxygen atoms in total. The Kier molecular flexibility index (Phi) is 2.32. The van der Waals surface area contributed by atoms with E-state index in [1.165, 1.54) is 0 Å². The largest absolute Gasteiger partial charge is 0.332 e. The molecular weight excluding hydrogens is 235 g/mol. The quantitative estimate of drug-likeness (QED) is 0.708. The standard InChI is InChI=1S/C10H4Cl2N2O/c11-6-1-2-7(8(12)3-6)9-10(4-13,5-14)15-9/h1-3,9H. The third-order valence-electron chi connectivity index (χ3n) is 2.19. The molecule has 1 fully saturated rings. The molecule has 1 atom stereocenters. The Hall–Kier alpha value is -1.26. The molecule has 1 aromatic rings. The monoisotopic (exact) mass is 238 g/mol. The maximum Gasteiger partial charge on any atom is 0.272 e. The predicted molar refractivity (Wildman–Crippen MR) is 54.2 cm³/mol. The molecule has 0 aliphatic carbocycles. The van der Waals surface area contributed by atoms with Crippen molar-refractivity contribution < 1.29 is 4.74 Å². The summed E-state index contributed by atoms with van der Waals surface area (Å²) in [6.45, 7) is 0. The molecule has 74 valence electrons. The smallest absolute Gasteiger partial charge is 0.272 e. The summed E-state index contributed by atoms with van der Waals surface area (Å²) >= 11 is 11.6. The minimum absolute atomic E-state index is 0.403. The SMILES string of the molecule is N#CC1(C#N)OC1c1ccc(Cl)cc1Cl. The van der Waals surface area contributed by atoms with Crippen LogP contribution >= 0.6 is 23.2 Å². The first-order valence-corrected chi connectivity index (χ1v) is 4.84. The number of hydrogen-bond donors (Lipinski definition) is 0. The summed E-state index contributed by atoms with van der Waals surface area (Å²) in [5.74, 6) is 0. The first-order valence-electron chi connectivity index (χ1n) is 4.08. The summed E-state index contributed by atoms with van der Waals surface area (Å²) < 4.78 is 5.06. The van der Waals surface area contributed by atoms with Crippen LogP contribution in [0.1, 0.15) is 11.7 Å². The van der Waals surface area contributed by atoms with Gasteiger partial charge in [-0.1, -0.05) is 29.3 Å². The van der Waals surface area contributed by atoms with E-state index in [4.69, 9.17) is 38.5 Å². The van der Waals surface area contributed by atoms with Crippen LogP contribution in [0.4, 0.5) is 0 Å². The van der Waals surface area contributed by atoms with Crippen LogP contribution in [0.3, 0.4) is 0 Å². The van der Waals surface area contributed by atoms with E-state index in [1.807, 2.05) is 12.1 Å². The number of nitrogens with zero attached hydrogens (tertiary/aromatic N) is 2. The van der Waals surface area contributed by atoms with Crippen molar-refractivity contribution in [2.75, 3.05) is 0 Å². The van der Waals surface area contributed by atoms with Gasteiger partial charge < -0.3 is 4.74 Å². The Morgan fingerprint density at radius 2 is 1.93 bits per heavy atom. The van der Waals surface area contributed by atoms with Crippen LogP contribution in [0.5, 0.6) is 0 Å². The topological polar surface area (TPSA) is 60.1 Å². The van der Waals surface area contributed by atoms with Crippen molar-refractivity contribution in [2.45, 2.75) is 11.7 Å². The molecule has 0 radical (unpaired) electrons. The van der Waals surface area contributed by atoms with Crippen LogP contribution in [0.2, 0.25) is 10.0 Å². The highest BCUT2D eigenvalue weighted by molar-refractivity contribution is 6.35. The molecule has 1 aromatic carbocycles. The Bertz CT molecular complexity index is 487. The second kappa shape index (κ2) is 3.40. The highest BCUT2D eigenvalue weighted by atomic mass is 35.5. The Morgan fingerprint density at radius 3 is 2.40 bits per heavy atom. The van der Waals surface area contributed by atoms with Crippen LogP contribution in [0, 0.1) is 22.7 Å². The normalized spacial score (nSPS) is 21.5. The maximum absolute atomic E-state index is 8.77. The number of hydrogen-bond acceptors (Lipinski definition) is 3. The third kappa shape index (κ3) is 1.56. The second-order valence-electron chi connectivity index (χ2n) is 3.12. The van der Waals surface area contributed by atoms with Gasteiger partial charge in [0.05, 0.1) is 0 Å². The average Bonchev–Trinajstić information content (AvgIpc) is 2.93. The number of nitriles is 2. The van der Waals surface area contributed by atoms with Crippen LogP contribution in [-0.4, -0.2) is 5.60 Å². The molecule has 1 heterocycles. The van der Waals surface area contributed by atoms with Crippen LogP contribution < -0.4 is 0 Å². The molecule has 1 saturated heterocycles. The number of ether oxygens (including phenoxy) is 1. The molecule has 0 amide bonds. The lowest BCUT2D eigenvalue weighted by Gasteiger charge is -2.00. The van der Waals surface area contributed by atoms with Gasteiger partial charge >= 0.3 is 0 Å². The molecule has 2 rings (SSSR count). The first kappa shape index (κ1) is 10.3. The number of halogens is 2. The Morgan fingerprint density at radius 1 is 1.27 bits per heavy atom. The van der Waals surface area contributed by atoms with Gasteiger partial charge in [0, 0.05) is 15.6 Å². The van der Waals surface area contributed by atoms with Crippen LogP contribution in [-0.2, 0) is 4.74 Å². The fraction of sp³-hybridized carbons (Fsp3) is 0.200. The Balaban J connectivity index is 2.37. The van der Waals surface area contributed by atoms with E-state index >= 15 is 0 Å². The molecule has 1 aliphatic heterocycles. The molecule has 0 spiro atoms. The zero-order valence-corrected chi connectivity index (χ0v) is 8.88. The van der Waals surface area contributed by atoms with Crippen LogP contribution in [0.25, 0.3) is 0 Å². The summed E-state index contributed by atoms with van der Waals surface area (Å²) in [4.78, 5) is 0. The minimum Gasteiger partial charge on any atom is -0.332 e. The summed E-state index contributed by atoms with van der Waals surface area (Å²) in [6.07, 6.45) is -0.572. The van der Waals surface area contributed by atoms with E-state index in [1.54, 1.807) is 18.2 Å². The van der Waals surface area contributed by atoms with Gasteiger partial charge in [-0.3, -0.25) is 0 Å². The lowest BCUT2D eigenvalue weighted by Crippen LogP contribution is -2.04. The molecular formula is C10H4Cl2N2O. The third-order valence-corrected chi connectivity index (χ3v) is 2.76. The fourth-order valence-corrected chi connectivity index (χ4v) is 1.85. The highest BCUT2D eigenvalue weighted by Gasteiger charge is 2.60. The maximum atomic E-state index is 8.77. The van der Waals surface area contributed by atoms with Gasteiger partial charge in [-0.2, -0.15) is 10.5 Å². The fourth-order valence-electron chi connectivity index (χ4n) is 1.34. The van der Waals surface area contributed by atoms with Gasteiger partial charge in [0.25, 0.3) is 5.60 Å². The van der Waals surface area contributed by atoms with Gasteiger partial charge in [0.1, 0.15) is 18.2 Å². The molecule has 1 unspecified atom stereocenters. The summed E-state index contributed by atoms with van der Waals surface area (Å²) in [5, 5.41) is 18.4. The average molecular weight is 239 g/mol. The van der Waals surface area contributed by atoms with Crippen molar-refractivity contribution >= 4 is 23.2 Å². The summed E-state index contributed by atoms with van der Waals surface area (Å²) in [6, 6.07) is 8.49. The highest BCUT2D eigenvalue weighted by Crippen LogP contribution is 2.50. The van der Waals surface area contributed by atoms with Gasteiger partial charge in [-0.25, -0.2) is 0 Å². The van der Waals surface area contributed by atoms with Crippen molar-refractivity contribution in [3.63, 3.8) is 0 Å². The van der Waals surface area contributed by atoms with Gasteiger partial charge in [0.2, 0.25) is 0 Å². The van der Waals surface area contributed by atoms with Crippen molar-refractivity contribution in [1.82, 2.24) is 0 Å². The molecule has 0 saturated carbocycles. The Labute approximate surface area is 96.4 Å². The zero-order valence-electron chi connectivity index (χ0n) is 7.37. The van der Waals surface area contributed by atoms with Gasteiger partial charge in [0.15, 0.2) is 0 Å². The number of epoxide rings is 1. The predicted octanol–water partition coefficient (Wildman–Crippen LogP) is 2.85. The molecule has 1 aliphatic rings. The summed E-state index contributed by atoms with van der Waals surface area (Å²) in [7, 11) is 0. The van der Waals surface area contributed by atoms with Crippen molar-refractivity contribution in [3.8, 4) is 12.1 Å². The van der Waals surface area contributed by atoms with E-state index in [0.29, 0.717) is 15.6 Å². The first-order chi connectivity index (χ1) is 7.13. The van der Waals surface area contributed by atoms with E-state index < -0.39 is 11.7 Å². The van der Waals surface area contributed by atoms with E-state index in [9.17, 15) is 0 Å². The number of benzene rings is 1. The molecule has 15 heavy (non-hydrogen) atoms. The lowest BCUT2D eigenvalue weighted by atomic mass is 10.0. The zero-order chi connectivity index (χ0) is 11.1. The van der Waals surface area contributed by atoms with Gasteiger partial charge in [-0.15, -0.1) is 0 Å². The lowest BCUT2D eigenvalue weighted by molar-refractivity contribution is 0.369. The van der Waals surface area contributed by atoms with E-state index in [0.717, 1.165) is 0 Å². The molecule has 5 heteroatoms. The van der Waals surface area contributed by atoms with Gasteiger partial charge in [-0.05, 0) is 12.1 Å². The van der Waals surface area contributed by atoms with E-state index in [2.05, 4.69) is 0 Å². The van der Waals surface area contributed by atoms with Crippen LogP contribution in [0.15, 0.2) is 18.2 Å². The minimum atomic E-state index is -1.38.